The summed E-state index contributed by atoms with van der Waals surface area (Å²) in [7, 11) is 0. The summed E-state index contributed by atoms with van der Waals surface area (Å²) in [4.78, 5) is 0. The zero-order chi connectivity index (χ0) is 7.40. The molecule has 1 aliphatic carbocycles. The molecule has 1 saturated carbocycles. The van der Waals surface area contributed by atoms with Gasteiger partial charge in [0, 0.05) is 0 Å². The predicted octanol–water partition coefficient (Wildman–Crippen LogP) is 1.31. The van der Waals surface area contributed by atoms with Gasteiger partial charge in [-0.25, -0.2) is 0 Å². The summed E-state index contributed by atoms with van der Waals surface area (Å²) in [6.45, 7) is 3.80. The highest BCUT2D eigenvalue weighted by Crippen LogP contribution is 2.33. The molecule has 2 nitrogen and oxygen atoms in total. The monoisotopic (exact) mass is 142 g/mol. The predicted molar refractivity (Wildman–Crippen MR) is 39.5 cm³/mol. The summed E-state index contributed by atoms with van der Waals surface area (Å²) in [5.41, 5.74) is 0. The van der Waals surface area contributed by atoms with Gasteiger partial charge < -0.3 is 9.84 Å². The lowest BCUT2D eigenvalue weighted by atomic mass is 10.2. The summed E-state index contributed by atoms with van der Waals surface area (Å²) in [5.74, 6) is 0.767. The van der Waals surface area contributed by atoms with Crippen LogP contribution in [0.3, 0.4) is 0 Å². The normalized spacial score (nSPS) is 20.1. The van der Waals surface area contributed by atoms with Crippen molar-refractivity contribution in [2.75, 3.05) is 6.61 Å². The van der Waals surface area contributed by atoms with Crippen LogP contribution in [0.15, 0.2) is 12.8 Å². The molecule has 2 heteroatoms. The third kappa shape index (κ3) is 2.87. The fourth-order valence-corrected chi connectivity index (χ4v) is 0.985. The highest BCUT2D eigenvalue weighted by molar-refractivity contribution is 4.76. The maximum absolute atomic E-state index is 9.22. The minimum Gasteiger partial charge on any atom is -0.499 e. The summed E-state index contributed by atoms with van der Waals surface area (Å²) in [6, 6.07) is 0. The number of hydrogen-bond donors (Lipinski definition) is 1. The second kappa shape index (κ2) is 3.62. The second-order valence-electron chi connectivity index (χ2n) is 2.83. The molecule has 1 unspecified atom stereocenters. The minimum absolute atomic E-state index is 0.287. The molecule has 0 bridgehead atoms. The lowest BCUT2D eigenvalue weighted by molar-refractivity contribution is 0.0741. The lowest BCUT2D eigenvalue weighted by Crippen LogP contribution is -2.13. The van der Waals surface area contributed by atoms with E-state index in [0.717, 1.165) is 12.3 Å². The molecular weight excluding hydrogens is 128 g/mol. The molecule has 0 aromatic heterocycles. The summed E-state index contributed by atoms with van der Waals surface area (Å²) < 4.78 is 4.84. The summed E-state index contributed by atoms with van der Waals surface area (Å²) in [6.07, 6.45) is 4.55. The highest BCUT2D eigenvalue weighted by Gasteiger charge is 2.24. The Morgan fingerprint density at radius 3 is 2.90 bits per heavy atom. The molecule has 0 aromatic carbocycles. The van der Waals surface area contributed by atoms with Crippen molar-refractivity contribution in [1.29, 1.82) is 0 Å². The Labute approximate surface area is 61.5 Å². The molecule has 0 amide bonds. The lowest BCUT2D eigenvalue weighted by Gasteiger charge is -2.07. The fraction of sp³-hybridized carbons (Fsp3) is 0.750. The quantitative estimate of drug-likeness (QED) is 0.586. The molecule has 0 saturated heterocycles. The summed E-state index contributed by atoms with van der Waals surface area (Å²) in [5, 5.41) is 9.22. The molecule has 0 aromatic rings. The first kappa shape index (κ1) is 7.61. The van der Waals surface area contributed by atoms with E-state index in [9.17, 15) is 5.11 Å². The third-order valence-electron chi connectivity index (χ3n) is 1.71. The van der Waals surface area contributed by atoms with Crippen molar-refractivity contribution in [3.63, 3.8) is 0 Å². The Kier molecular flexibility index (Phi) is 2.75. The zero-order valence-corrected chi connectivity index (χ0v) is 6.12. The van der Waals surface area contributed by atoms with E-state index < -0.39 is 0 Å². The van der Waals surface area contributed by atoms with Gasteiger partial charge in [0.05, 0.1) is 12.4 Å². The molecule has 1 atom stereocenters. The van der Waals surface area contributed by atoms with Gasteiger partial charge in [-0.05, 0) is 12.3 Å². The van der Waals surface area contributed by atoms with Crippen molar-refractivity contribution in [2.24, 2.45) is 5.92 Å². The maximum atomic E-state index is 9.22. The Bertz CT molecular complexity index is 108. The Morgan fingerprint density at radius 1 is 1.70 bits per heavy atom. The van der Waals surface area contributed by atoms with Gasteiger partial charge in [-0.1, -0.05) is 19.4 Å². The van der Waals surface area contributed by atoms with Gasteiger partial charge >= 0.3 is 0 Å². The molecule has 10 heavy (non-hydrogen) atoms. The van der Waals surface area contributed by atoms with E-state index in [2.05, 4.69) is 6.58 Å². The van der Waals surface area contributed by atoms with Gasteiger partial charge in [-0.15, -0.1) is 0 Å². The largest absolute Gasteiger partial charge is 0.499 e. The van der Waals surface area contributed by atoms with Crippen LogP contribution in [0.4, 0.5) is 0 Å². The summed E-state index contributed by atoms with van der Waals surface area (Å²) >= 11 is 0. The highest BCUT2D eigenvalue weighted by atomic mass is 16.5. The first-order chi connectivity index (χ1) is 4.83. The number of rotatable bonds is 5. The van der Waals surface area contributed by atoms with E-state index in [1.807, 2.05) is 0 Å². The van der Waals surface area contributed by atoms with Crippen LogP contribution in [-0.2, 0) is 4.74 Å². The number of ether oxygens (including phenoxy) is 1. The van der Waals surface area contributed by atoms with E-state index in [-0.39, 0.29) is 6.10 Å². The van der Waals surface area contributed by atoms with Crippen LogP contribution in [0.5, 0.6) is 0 Å². The molecule has 1 rings (SSSR count). The minimum atomic E-state index is -0.287. The maximum Gasteiger partial charge on any atom is 0.113 e. The van der Waals surface area contributed by atoms with E-state index in [1.165, 1.54) is 19.1 Å². The van der Waals surface area contributed by atoms with E-state index in [0.29, 0.717) is 6.61 Å². The van der Waals surface area contributed by atoms with Crippen LogP contribution in [0.1, 0.15) is 19.3 Å². The Hall–Kier alpha value is -0.500. The fourth-order valence-electron chi connectivity index (χ4n) is 0.985. The van der Waals surface area contributed by atoms with E-state index in [4.69, 9.17) is 4.74 Å². The first-order valence-electron chi connectivity index (χ1n) is 3.73. The van der Waals surface area contributed by atoms with Crippen LogP contribution in [-0.4, -0.2) is 17.8 Å². The van der Waals surface area contributed by atoms with Crippen LogP contribution in [0.25, 0.3) is 0 Å². The first-order valence-corrected chi connectivity index (χ1v) is 3.73. The van der Waals surface area contributed by atoms with Gasteiger partial charge in [0.25, 0.3) is 0 Å². The molecule has 0 radical (unpaired) electrons. The number of aliphatic hydroxyl groups is 1. The van der Waals surface area contributed by atoms with Crippen LogP contribution in [0, 0.1) is 5.92 Å². The standard InChI is InChI=1S/C8H14O2/c1-2-10-6-8(9)5-7-3-4-7/h2,7-9H,1,3-6H2. The van der Waals surface area contributed by atoms with Gasteiger partial charge in [-0.3, -0.25) is 0 Å². The molecule has 1 aliphatic rings. The van der Waals surface area contributed by atoms with Gasteiger partial charge in [-0.2, -0.15) is 0 Å². The van der Waals surface area contributed by atoms with Crippen LogP contribution >= 0.6 is 0 Å². The second-order valence-corrected chi connectivity index (χ2v) is 2.83. The molecule has 58 valence electrons. The van der Waals surface area contributed by atoms with Crippen molar-refractivity contribution in [1.82, 2.24) is 0 Å². The molecule has 1 fully saturated rings. The average Bonchev–Trinajstić information content (AvgIpc) is 2.67. The Balaban J connectivity index is 1.96. The van der Waals surface area contributed by atoms with Gasteiger partial charge in [0.15, 0.2) is 0 Å². The Morgan fingerprint density at radius 2 is 2.40 bits per heavy atom. The number of aliphatic hydroxyl groups excluding tert-OH is 1. The van der Waals surface area contributed by atoms with Crippen LogP contribution < -0.4 is 0 Å². The SMILES string of the molecule is C=COCC(O)CC1CC1. The molecular formula is C8H14O2. The van der Waals surface area contributed by atoms with Crippen molar-refractivity contribution >= 4 is 0 Å². The topological polar surface area (TPSA) is 29.5 Å². The van der Waals surface area contributed by atoms with Crippen molar-refractivity contribution < 1.29 is 9.84 Å². The smallest absolute Gasteiger partial charge is 0.113 e. The van der Waals surface area contributed by atoms with E-state index in [1.54, 1.807) is 0 Å². The molecule has 0 spiro atoms. The molecule has 1 N–H and O–H groups in total. The number of hydrogen-bond acceptors (Lipinski definition) is 2. The molecule has 0 aliphatic heterocycles. The van der Waals surface area contributed by atoms with Crippen molar-refractivity contribution in [2.45, 2.75) is 25.4 Å². The van der Waals surface area contributed by atoms with Crippen LogP contribution in [0.2, 0.25) is 0 Å². The van der Waals surface area contributed by atoms with Gasteiger partial charge in [0.2, 0.25) is 0 Å². The molecule has 0 heterocycles. The van der Waals surface area contributed by atoms with Crippen molar-refractivity contribution in [3.8, 4) is 0 Å². The zero-order valence-electron chi connectivity index (χ0n) is 6.12. The van der Waals surface area contributed by atoms with E-state index >= 15 is 0 Å². The third-order valence-corrected chi connectivity index (χ3v) is 1.71. The van der Waals surface area contributed by atoms with Gasteiger partial charge in [0.1, 0.15) is 6.61 Å². The average molecular weight is 142 g/mol. The van der Waals surface area contributed by atoms with Crippen molar-refractivity contribution in [3.05, 3.63) is 12.8 Å².